The average Bonchev–Trinajstić information content (AvgIpc) is 2.63. The van der Waals surface area contributed by atoms with Gasteiger partial charge in [-0.3, -0.25) is 9.69 Å². The van der Waals surface area contributed by atoms with E-state index in [1.165, 1.54) is 5.56 Å². The lowest BCUT2D eigenvalue weighted by Crippen LogP contribution is -2.40. The molecule has 0 fully saturated rings. The van der Waals surface area contributed by atoms with Gasteiger partial charge in [0, 0.05) is 25.1 Å². The van der Waals surface area contributed by atoms with Crippen molar-refractivity contribution in [1.29, 1.82) is 0 Å². The van der Waals surface area contributed by atoms with Gasteiger partial charge in [0.1, 0.15) is 5.75 Å². The van der Waals surface area contributed by atoms with Crippen LogP contribution in [0.2, 0.25) is 0 Å². The second-order valence-corrected chi connectivity index (χ2v) is 6.24. The van der Waals surface area contributed by atoms with E-state index in [1.807, 2.05) is 48.5 Å². The van der Waals surface area contributed by atoms with Crippen molar-refractivity contribution in [2.45, 2.75) is 19.0 Å². The topological polar surface area (TPSA) is 41.6 Å². The summed E-state index contributed by atoms with van der Waals surface area (Å²) in [5.41, 5.74) is 2.24. The van der Waals surface area contributed by atoms with Crippen LogP contribution >= 0.6 is 0 Å². The van der Waals surface area contributed by atoms with Gasteiger partial charge in [0.15, 0.2) is 0 Å². The van der Waals surface area contributed by atoms with Crippen LogP contribution in [-0.2, 0) is 11.3 Å². The lowest BCUT2D eigenvalue weighted by atomic mass is 10.0. The Kier molecular flexibility index (Phi) is 5.86. The van der Waals surface area contributed by atoms with Crippen LogP contribution < -0.4 is 10.1 Å². The molecule has 0 saturated carbocycles. The summed E-state index contributed by atoms with van der Waals surface area (Å²) in [6.45, 7) is 6.18. The molecule has 3 rings (SSSR count). The van der Waals surface area contributed by atoms with Gasteiger partial charge in [-0.1, -0.05) is 54.6 Å². The number of para-hydroxylation sites is 1. The number of nitrogens with zero attached hydrogens (tertiary/aromatic N) is 1. The Morgan fingerprint density at radius 1 is 1.20 bits per heavy atom. The number of nitrogens with one attached hydrogen (secondary N) is 1. The molecule has 130 valence electrons. The SMILES string of the molecule is C=CCN(CC(=O)NC1CCOc2ccccc21)Cc1ccccc1. The lowest BCUT2D eigenvalue weighted by molar-refractivity contribution is -0.123. The molecule has 0 radical (unpaired) electrons. The van der Waals surface area contributed by atoms with E-state index < -0.39 is 0 Å². The first-order valence-electron chi connectivity index (χ1n) is 8.64. The van der Waals surface area contributed by atoms with Crippen LogP contribution in [0.4, 0.5) is 0 Å². The molecule has 1 aliphatic rings. The summed E-state index contributed by atoms with van der Waals surface area (Å²) in [5.74, 6) is 0.894. The highest BCUT2D eigenvalue weighted by atomic mass is 16.5. The Morgan fingerprint density at radius 3 is 2.76 bits per heavy atom. The lowest BCUT2D eigenvalue weighted by Gasteiger charge is -2.28. The standard InChI is InChI=1S/C21H24N2O2/c1-2-13-23(15-17-8-4-3-5-9-17)16-21(24)22-19-12-14-25-20-11-7-6-10-18(19)20/h2-11,19H,1,12-16H2,(H,22,24). The van der Waals surface area contributed by atoms with E-state index in [0.717, 1.165) is 24.3 Å². The van der Waals surface area contributed by atoms with E-state index in [2.05, 4.69) is 28.9 Å². The molecule has 4 heteroatoms. The summed E-state index contributed by atoms with van der Waals surface area (Å²) in [5, 5.41) is 3.15. The van der Waals surface area contributed by atoms with Gasteiger partial charge in [-0.05, 0) is 11.6 Å². The predicted molar refractivity (Wildman–Crippen MR) is 99.4 cm³/mol. The zero-order valence-corrected chi connectivity index (χ0v) is 14.4. The van der Waals surface area contributed by atoms with Crippen LogP contribution in [0.3, 0.4) is 0 Å². The molecule has 0 aromatic heterocycles. The molecule has 2 aromatic rings. The molecule has 2 aromatic carbocycles. The monoisotopic (exact) mass is 336 g/mol. The van der Waals surface area contributed by atoms with Gasteiger partial charge < -0.3 is 10.1 Å². The molecule has 1 aliphatic heterocycles. The van der Waals surface area contributed by atoms with Crippen molar-refractivity contribution in [2.24, 2.45) is 0 Å². The third-order valence-electron chi connectivity index (χ3n) is 4.30. The van der Waals surface area contributed by atoms with Crippen molar-refractivity contribution < 1.29 is 9.53 Å². The highest BCUT2D eigenvalue weighted by molar-refractivity contribution is 5.78. The Balaban J connectivity index is 1.61. The van der Waals surface area contributed by atoms with Crippen molar-refractivity contribution in [3.05, 3.63) is 78.4 Å². The summed E-state index contributed by atoms with van der Waals surface area (Å²) in [6, 6.07) is 18.1. The zero-order chi connectivity index (χ0) is 17.5. The van der Waals surface area contributed by atoms with E-state index in [4.69, 9.17) is 4.74 Å². The second-order valence-electron chi connectivity index (χ2n) is 6.24. The maximum atomic E-state index is 12.6. The first-order valence-corrected chi connectivity index (χ1v) is 8.64. The molecule has 25 heavy (non-hydrogen) atoms. The van der Waals surface area contributed by atoms with Crippen LogP contribution in [-0.4, -0.2) is 30.5 Å². The number of carbonyl (C=O) groups excluding carboxylic acids is 1. The first-order chi connectivity index (χ1) is 12.3. The minimum Gasteiger partial charge on any atom is -0.493 e. The normalized spacial score (nSPS) is 16.0. The van der Waals surface area contributed by atoms with Crippen molar-refractivity contribution in [3.63, 3.8) is 0 Å². The fourth-order valence-electron chi connectivity index (χ4n) is 3.14. The molecule has 0 saturated heterocycles. The summed E-state index contributed by atoms with van der Waals surface area (Å²) < 4.78 is 5.66. The quantitative estimate of drug-likeness (QED) is 0.789. The summed E-state index contributed by atoms with van der Waals surface area (Å²) in [6.07, 6.45) is 2.63. The summed E-state index contributed by atoms with van der Waals surface area (Å²) in [4.78, 5) is 14.7. The van der Waals surface area contributed by atoms with Crippen molar-refractivity contribution in [3.8, 4) is 5.75 Å². The molecule has 4 nitrogen and oxygen atoms in total. The number of ether oxygens (including phenoxy) is 1. The number of hydrogen-bond acceptors (Lipinski definition) is 3. The minimum absolute atomic E-state index is 0.0137. The average molecular weight is 336 g/mol. The number of hydrogen-bond donors (Lipinski definition) is 1. The molecule has 1 heterocycles. The Labute approximate surface area is 149 Å². The smallest absolute Gasteiger partial charge is 0.234 e. The number of fused-ring (bicyclic) bond motifs is 1. The van der Waals surface area contributed by atoms with Gasteiger partial charge in [-0.25, -0.2) is 0 Å². The van der Waals surface area contributed by atoms with Crippen molar-refractivity contribution >= 4 is 5.91 Å². The second kappa shape index (κ2) is 8.49. The van der Waals surface area contributed by atoms with E-state index in [-0.39, 0.29) is 11.9 Å². The fraction of sp³-hybridized carbons (Fsp3) is 0.286. The largest absolute Gasteiger partial charge is 0.493 e. The van der Waals surface area contributed by atoms with Gasteiger partial charge in [0.25, 0.3) is 0 Å². The molecule has 0 bridgehead atoms. The third kappa shape index (κ3) is 4.70. The van der Waals surface area contributed by atoms with Gasteiger partial charge in [-0.15, -0.1) is 6.58 Å². The van der Waals surface area contributed by atoms with Gasteiger partial charge in [-0.2, -0.15) is 0 Å². The molecule has 1 amide bonds. The molecule has 0 aliphatic carbocycles. The molecule has 1 unspecified atom stereocenters. The predicted octanol–water partition coefficient (Wildman–Crippen LogP) is 3.31. The van der Waals surface area contributed by atoms with Crippen LogP contribution in [0.25, 0.3) is 0 Å². The summed E-state index contributed by atoms with van der Waals surface area (Å²) in [7, 11) is 0. The number of rotatable bonds is 7. The number of benzene rings is 2. The van der Waals surface area contributed by atoms with Gasteiger partial charge >= 0.3 is 0 Å². The minimum atomic E-state index is 0.0137. The first kappa shape index (κ1) is 17.2. The van der Waals surface area contributed by atoms with Crippen LogP contribution in [0.15, 0.2) is 67.3 Å². The Bertz CT molecular complexity index is 715. The molecule has 1 atom stereocenters. The van der Waals surface area contributed by atoms with Crippen LogP contribution in [0.5, 0.6) is 5.75 Å². The van der Waals surface area contributed by atoms with E-state index in [0.29, 0.717) is 19.7 Å². The number of carbonyl (C=O) groups is 1. The van der Waals surface area contributed by atoms with Crippen molar-refractivity contribution in [1.82, 2.24) is 10.2 Å². The van der Waals surface area contributed by atoms with E-state index in [1.54, 1.807) is 0 Å². The molecular weight excluding hydrogens is 312 g/mol. The highest BCUT2D eigenvalue weighted by Crippen LogP contribution is 2.31. The van der Waals surface area contributed by atoms with Crippen LogP contribution in [0.1, 0.15) is 23.6 Å². The zero-order valence-electron chi connectivity index (χ0n) is 14.4. The Hall–Kier alpha value is -2.59. The molecule has 1 N–H and O–H groups in total. The maximum absolute atomic E-state index is 12.6. The number of amides is 1. The van der Waals surface area contributed by atoms with Crippen molar-refractivity contribution in [2.75, 3.05) is 19.7 Å². The van der Waals surface area contributed by atoms with E-state index in [9.17, 15) is 4.79 Å². The van der Waals surface area contributed by atoms with Gasteiger partial charge in [0.2, 0.25) is 5.91 Å². The van der Waals surface area contributed by atoms with Crippen LogP contribution in [0, 0.1) is 0 Å². The maximum Gasteiger partial charge on any atom is 0.234 e. The van der Waals surface area contributed by atoms with E-state index >= 15 is 0 Å². The Morgan fingerprint density at radius 2 is 1.96 bits per heavy atom. The summed E-state index contributed by atoms with van der Waals surface area (Å²) >= 11 is 0. The third-order valence-corrected chi connectivity index (χ3v) is 4.30. The van der Waals surface area contributed by atoms with Gasteiger partial charge in [0.05, 0.1) is 19.2 Å². The fourth-order valence-corrected chi connectivity index (χ4v) is 3.14. The highest BCUT2D eigenvalue weighted by Gasteiger charge is 2.23. The molecular formula is C21H24N2O2. The molecule has 0 spiro atoms.